The fourth-order valence-corrected chi connectivity index (χ4v) is 5.58. The molecule has 8 nitrogen and oxygen atoms in total. The minimum atomic E-state index is -1.07. The molecule has 0 amide bonds. The number of pyridine rings is 1. The van der Waals surface area contributed by atoms with Crippen molar-refractivity contribution >= 4 is 56.0 Å². The second-order valence-corrected chi connectivity index (χ2v) is 10.0. The third-order valence-corrected chi connectivity index (χ3v) is 7.67. The summed E-state index contributed by atoms with van der Waals surface area (Å²) in [5, 5.41) is 4.34. The van der Waals surface area contributed by atoms with Gasteiger partial charge in [-0.25, -0.2) is 4.79 Å². The predicted octanol–water partition coefficient (Wildman–Crippen LogP) is 5.46. The molecule has 3 heterocycles. The smallest absolute Gasteiger partial charge is 0.494 e. The molecule has 0 spiro atoms. The van der Waals surface area contributed by atoms with Crippen LogP contribution >= 0.6 is 23.2 Å². The van der Waals surface area contributed by atoms with Gasteiger partial charge in [-0.3, -0.25) is 14.3 Å². The van der Waals surface area contributed by atoms with E-state index in [1.54, 1.807) is 23.5 Å². The minimum absolute atomic E-state index is 0.305. The van der Waals surface area contributed by atoms with Crippen LogP contribution < -0.4 is 15.2 Å². The Bertz CT molecular complexity index is 1430. The SMILES string of the molecule is O=C(OCl)OCn1c(=O)ccc2ccc(OCCCCN3CCN(c4cccc5sccc45)CC3)cc21. The number of hydrogen-bond acceptors (Lipinski definition) is 8. The summed E-state index contributed by atoms with van der Waals surface area (Å²) in [6, 6.07) is 17.5. The van der Waals surface area contributed by atoms with Gasteiger partial charge < -0.3 is 18.7 Å². The van der Waals surface area contributed by atoms with Crippen LogP contribution in [0.1, 0.15) is 12.8 Å². The number of aromatic nitrogens is 1. The number of hydrogen-bond donors (Lipinski definition) is 0. The maximum Gasteiger partial charge on any atom is 0.528 e. The van der Waals surface area contributed by atoms with Gasteiger partial charge in [0.1, 0.15) is 17.6 Å². The molecule has 0 atom stereocenters. The largest absolute Gasteiger partial charge is 0.528 e. The molecular weight excluding hydrogens is 514 g/mol. The Hall–Kier alpha value is -3.27. The monoisotopic (exact) mass is 541 g/mol. The fourth-order valence-electron chi connectivity index (χ4n) is 4.72. The van der Waals surface area contributed by atoms with E-state index >= 15 is 0 Å². The third-order valence-electron chi connectivity index (χ3n) is 6.66. The van der Waals surface area contributed by atoms with Crippen LogP contribution in [-0.4, -0.2) is 55.0 Å². The molecule has 0 unspecified atom stereocenters. The number of thiophene rings is 1. The lowest BCUT2D eigenvalue weighted by atomic mass is 10.2. The number of anilines is 1. The third kappa shape index (κ3) is 6.01. The van der Waals surface area contributed by atoms with Gasteiger partial charge in [0.05, 0.1) is 12.1 Å². The average Bonchev–Trinajstić information content (AvgIpc) is 3.42. The van der Waals surface area contributed by atoms with Crippen LogP contribution in [0, 0.1) is 0 Å². The van der Waals surface area contributed by atoms with Crippen molar-refractivity contribution in [3.8, 4) is 5.75 Å². The van der Waals surface area contributed by atoms with Crippen molar-refractivity contribution in [1.82, 2.24) is 9.47 Å². The van der Waals surface area contributed by atoms with Gasteiger partial charge in [-0.1, -0.05) is 6.07 Å². The highest BCUT2D eigenvalue weighted by Gasteiger charge is 2.18. The summed E-state index contributed by atoms with van der Waals surface area (Å²) < 4.78 is 17.4. The van der Waals surface area contributed by atoms with Gasteiger partial charge in [0.15, 0.2) is 6.73 Å². The lowest BCUT2D eigenvalue weighted by molar-refractivity contribution is 0.0751. The Kier molecular flexibility index (Phi) is 8.13. The van der Waals surface area contributed by atoms with E-state index < -0.39 is 6.16 Å². The van der Waals surface area contributed by atoms with Crippen molar-refractivity contribution in [1.29, 1.82) is 0 Å². The quantitative estimate of drug-likeness (QED) is 0.206. The van der Waals surface area contributed by atoms with Crippen molar-refractivity contribution in [2.75, 3.05) is 44.2 Å². The Morgan fingerprint density at radius 1 is 1.00 bits per heavy atom. The Labute approximate surface area is 223 Å². The molecule has 0 aliphatic carbocycles. The number of unbranched alkanes of at least 4 members (excludes halogenated alkanes) is 1. The number of carbonyl (C=O) groups excluding carboxylic acids is 1. The first-order chi connectivity index (χ1) is 18.1. The summed E-state index contributed by atoms with van der Waals surface area (Å²) >= 11 is 6.79. The molecule has 1 saturated heterocycles. The topological polar surface area (TPSA) is 73.2 Å². The van der Waals surface area contributed by atoms with Gasteiger partial charge in [-0.05, 0) is 66.6 Å². The predicted molar refractivity (Wildman–Crippen MR) is 147 cm³/mol. The first-order valence-corrected chi connectivity index (χ1v) is 13.5. The molecule has 5 rings (SSSR count). The van der Waals surface area contributed by atoms with Crippen LogP contribution in [0.5, 0.6) is 5.75 Å². The molecule has 1 aliphatic rings. The maximum absolute atomic E-state index is 12.3. The van der Waals surface area contributed by atoms with E-state index in [0.29, 0.717) is 17.9 Å². The molecule has 0 N–H and O–H groups in total. The highest BCUT2D eigenvalue weighted by molar-refractivity contribution is 7.17. The average molecular weight is 542 g/mol. The van der Waals surface area contributed by atoms with Crippen LogP contribution in [0.3, 0.4) is 0 Å². The molecule has 194 valence electrons. The highest BCUT2D eigenvalue weighted by Crippen LogP contribution is 2.31. The zero-order valence-corrected chi connectivity index (χ0v) is 21.9. The number of carbonyl (C=O) groups is 1. The van der Waals surface area contributed by atoms with E-state index in [4.69, 9.17) is 21.3 Å². The van der Waals surface area contributed by atoms with Gasteiger partial charge in [-0.15, -0.1) is 11.3 Å². The van der Waals surface area contributed by atoms with Gasteiger partial charge in [0.2, 0.25) is 0 Å². The standard InChI is InChI=1S/C27H28ClN3O5S/c28-36-27(33)35-19-31-24-18-21(8-6-20(24)7-9-26(31)32)34-16-2-1-11-29-12-14-30(15-13-29)23-4-3-5-25-22(23)10-17-37-25/h3-10,17-18H,1-2,11-16,19H2. The van der Waals surface area contributed by atoms with Crippen molar-refractivity contribution in [3.05, 3.63) is 70.3 Å². The van der Waals surface area contributed by atoms with E-state index in [1.807, 2.05) is 12.1 Å². The molecule has 2 aromatic carbocycles. The van der Waals surface area contributed by atoms with Crippen molar-refractivity contribution < 1.29 is 18.6 Å². The normalized spacial score (nSPS) is 14.2. The number of piperazine rings is 1. The zero-order valence-electron chi connectivity index (χ0n) is 20.3. The Morgan fingerprint density at radius 3 is 2.68 bits per heavy atom. The van der Waals surface area contributed by atoms with Crippen LogP contribution in [0.25, 0.3) is 21.0 Å². The Balaban J connectivity index is 1.08. The molecule has 10 heteroatoms. The first kappa shape index (κ1) is 25.4. The summed E-state index contributed by atoms with van der Waals surface area (Å²) in [6.45, 7) is 5.52. The molecule has 1 aliphatic heterocycles. The van der Waals surface area contributed by atoms with Crippen molar-refractivity contribution in [2.45, 2.75) is 19.6 Å². The first-order valence-electron chi connectivity index (χ1n) is 12.3. The van der Waals surface area contributed by atoms with Crippen LogP contribution in [0.2, 0.25) is 0 Å². The molecule has 2 aromatic heterocycles. The molecule has 1 fully saturated rings. The van der Waals surface area contributed by atoms with E-state index in [9.17, 15) is 9.59 Å². The zero-order chi connectivity index (χ0) is 25.6. The molecule has 37 heavy (non-hydrogen) atoms. The summed E-state index contributed by atoms with van der Waals surface area (Å²) in [5.41, 5.74) is 1.64. The summed E-state index contributed by atoms with van der Waals surface area (Å²) in [7, 11) is 0. The molecule has 0 radical (unpaired) electrons. The van der Waals surface area contributed by atoms with Gasteiger partial charge >= 0.3 is 6.16 Å². The highest BCUT2D eigenvalue weighted by atomic mass is 35.5. The lowest BCUT2D eigenvalue weighted by Crippen LogP contribution is -2.46. The minimum Gasteiger partial charge on any atom is -0.494 e. The van der Waals surface area contributed by atoms with Gasteiger partial charge in [0.25, 0.3) is 5.56 Å². The van der Waals surface area contributed by atoms with Gasteiger partial charge in [-0.2, -0.15) is 0 Å². The second kappa shape index (κ2) is 11.9. The van der Waals surface area contributed by atoms with Gasteiger partial charge in [0, 0.05) is 54.1 Å². The molecule has 4 aromatic rings. The Morgan fingerprint density at radius 2 is 1.84 bits per heavy atom. The van der Waals surface area contributed by atoms with E-state index in [-0.39, 0.29) is 12.3 Å². The second-order valence-electron chi connectivity index (χ2n) is 8.91. The van der Waals surface area contributed by atoms with Crippen molar-refractivity contribution in [3.63, 3.8) is 0 Å². The number of nitrogens with zero attached hydrogens (tertiary/aromatic N) is 3. The van der Waals surface area contributed by atoms with Crippen LogP contribution in [0.15, 0.2) is 64.8 Å². The number of benzene rings is 2. The number of rotatable bonds is 9. The lowest BCUT2D eigenvalue weighted by Gasteiger charge is -2.36. The van der Waals surface area contributed by atoms with Crippen LogP contribution in [0.4, 0.5) is 10.5 Å². The summed E-state index contributed by atoms with van der Waals surface area (Å²) in [5.74, 6) is 0.656. The molecule has 0 saturated carbocycles. The molecule has 0 bridgehead atoms. The summed E-state index contributed by atoms with van der Waals surface area (Å²) in [4.78, 5) is 28.5. The molecular formula is C27H28ClN3O5S. The summed E-state index contributed by atoms with van der Waals surface area (Å²) in [6.07, 6.45) is 0.908. The number of fused-ring (bicyclic) bond motifs is 2. The van der Waals surface area contributed by atoms with Crippen molar-refractivity contribution in [2.24, 2.45) is 0 Å². The van der Waals surface area contributed by atoms with E-state index in [1.165, 1.54) is 26.4 Å². The van der Waals surface area contributed by atoms with E-state index in [0.717, 1.165) is 51.0 Å². The van der Waals surface area contributed by atoms with E-state index in [2.05, 4.69) is 43.7 Å². The maximum atomic E-state index is 12.3. The number of ether oxygens (including phenoxy) is 2. The number of halogens is 1. The fraction of sp³-hybridized carbons (Fsp3) is 0.333. The van der Waals surface area contributed by atoms with Crippen LogP contribution in [-0.2, 0) is 15.8 Å².